The quantitative estimate of drug-likeness (QED) is 0.327. The number of fused-ring (bicyclic) bond motifs is 1. The number of thioether (sulfide) groups is 1. The molecule has 2 amide bonds. The third kappa shape index (κ3) is 5.78. The van der Waals surface area contributed by atoms with Crippen LogP contribution in [0.4, 0.5) is 11.4 Å². The molecule has 2 N–H and O–H groups in total. The first-order chi connectivity index (χ1) is 18.9. The van der Waals surface area contributed by atoms with Crippen LogP contribution in [-0.2, 0) is 4.79 Å². The van der Waals surface area contributed by atoms with Crippen LogP contribution >= 0.6 is 35.0 Å². The number of carbonyl (C=O) groups is 2. The fourth-order valence-electron chi connectivity index (χ4n) is 4.70. The number of amides is 2. The van der Waals surface area contributed by atoms with E-state index in [1.54, 1.807) is 49.2 Å². The van der Waals surface area contributed by atoms with Gasteiger partial charge in [0.15, 0.2) is 5.17 Å². The molecule has 3 aromatic rings. The number of hydrogen-bond donors (Lipinski definition) is 2. The zero-order valence-corrected chi connectivity index (χ0v) is 23.7. The molecule has 10 heteroatoms. The average Bonchev–Trinajstić information content (AvgIpc) is 2.92. The van der Waals surface area contributed by atoms with Gasteiger partial charge in [0.2, 0.25) is 0 Å². The van der Waals surface area contributed by atoms with Crippen LogP contribution in [0.2, 0.25) is 10.0 Å². The van der Waals surface area contributed by atoms with E-state index in [1.165, 1.54) is 6.07 Å². The average molecular weight is 582 g/mol. The van der Waals surface area contributed by atoms with Gasteiger partial charge in [-0.15, -0.1) is 0 Å². The number of aliphatic imine (C=N–C) groups is 1. The molecule has 2 aliphatic heterocycles. The zero-order valence-electron chi connectivity index (χ0n) is 21.3. The van der Waals surface area contributed by atoms with Crippen LogP contribution < -0.4 is 15.4 Å². The smallest absolute Gasteiger partial charge is 0.257 e. The standard InChI is InChI=1S/C29H26Cl2N4O3S/c1-17-25(28(37)34-23-9-3-4-10-24(23)38-2)26(35-13-6-14-39-29(35)32-17)18-7-5-8-20(15-18)33-27(36)21-12-11-19(30)16-22(21)31/h3-5,7-12,15-16,26H,6,13-14H2,1-2H3,(H,33,36)(H,34,37). The molecule has 0 radical (unpaired) electrons. The van der Waals surface area contributed by atoms with Crippen molar-refractivity contribution in [1.29, 1.82) is 0 Å². The maximum Gasteiger partial charge on any atom is 0.257 e. The Morgan fingerprint density at radius 2 is 1.85 bits per heavy atom. The number of anilines is 2. The molecule has 200 valence electrons. The van der Waals surface area contributed by atoms with Crippen LogP contribution in [0.1, 0.15) is 35.3 Å². The number of carbonyl (C=O) groups excluding carboxylic acids is 2. The molecule has 0 aromatic heterocycles. The zero-order chi connectivity index (χ0) is 27.5. The monoisotopic (exact) mass is 580 g/mol. The molecule has 0 aliphatic carbocycles. The molecule has 1 saturated heterocycles. The highest BCUT2D eigenvalue weighted by Gasteiger charge is 2.37. The highest BCUT2D eigenvalue weighted by atomic mass is 35.5. The van der Waals surface area contributed by atoms with E-state index in [4.69, 9.17) is 32.9 Å². The Labute approximate surface area is 241 Å². The second kappa shape index (κ2) is 11.7. The lowest BCUT2D eigenvalue weighted by Crippen LogP contribution is -2.43. The molecule has 0 saturated carbocycles. The Kier molecular flexibility index (Phi) is 8.16. The molecule has 2 heterocycles. The lowest BCUT2D eigenvalue weighted by Gasteiger charge is -2.41. The number of para-hydroxylation sites is 2. The van der Waals surface area contributed by atoms with Gasteiger partial charge in [0.25, 0.3) is 11.8 Å². The number of rotatable bonds is 6. The van der Waals surface area contributed by atoms with Gasteiger partial charge < -0.3 is 20.3 Å². The number of benzene rings is 3. The third-order valence-electron chi connectivity index (χ3n) is 6.49. The Bertz CT molecular complexity index is 1510. The van der Waals surface area contributed by atoms with Crippen LogP contribution in [0.5, 0.6) is 5.75 Å². The van der Waals surface area contributed by atoms with Crippen molar-refractivity contribution in [2.75, 3.05) is 30.0 Å². The van der Waals surface area contributed by atoms with Gasteiger partial charge in [0.1, 0.15) is 5.75 Å². The van der Waals surface area contributed by atoms with Gasteiger partial charge in [-0.05, 0) is 61.4 Å². The molecule has 3 aromatic carbocycles. The molecule has 1 atom stereocenters. The van der Waals surface area contributed by atoms with Crippen molar-refractivity contribution in [2.24, 2.45) is 4.99 Å². The van der Waals surface area contributed by atoms with Gasteiger partial charge in [-0.25, -0.2) is 4.99 Å². The van der Waals surface area contributed by atoms with E-state index in [0.29, 0.717) is 39.0 Å². The van der Waals surface area contributed by atoms with Gasteiger partial charge in [-0.1, -0.05) is 59.2 Å². The summed E-state index contributed by atoms with van der Waals surface area (Å²) in [6.45, 7) is 2.62. The summed E-state index contributed by atoms with van der Waals surface area (Å²) in [5, 5.41) is 7.55. The Morgan fingerprint density at radius 3 is 2.64 bits per heavy atom. The van der Waals surface area contributed by atoms with Gasteiger partial charge in [0, 0.05) is 23.0 Å². The van der Waals surface area contributed by atoms with Crippen molar-refractivity contribution in [3.8, 4) is 5.75 Å². The van der Waals surface area contributed by atoms with Crippen LogP contribution in [0, 0.1) is 0 Å². The van der Waals surface area contributed by atoms with E-state index in [2.05, 4.69) is 15.5 Å². The van der Waals surface area contributed by atoms with Gasteiger partial charge in [-0.2, -0.15) is 0 Å². The largest absolute Gasteiger partial charge is 0.495 e. The molecule has 5 rings (SSSR count). The SMILES string of the molecule is COc1ccccc1NC(=O)C1=C(C)N=C2SCCCN2C1c1cccc(NC(=O)c2ccc(Cl)cc2Cl)c1. The number of nitrogens with zero attached hydrogens (tertiary/aromatic N) is 2. The Balaban J connectivity index is 1.49. The molecule has 0 spiro atoms. The minimum atomic E-state index is -0.393. The van der Waals surface area contributed by atoms with E-state index in [9.17, 15) is 9.59 Å². The minimum absolute atomic E-state index is 0.261. The summed E-state index contributed by atoms with van der Waals surface area (Å²) in [7, 11) is 1.57. The van der Waals surface area contributed by atoms with Crippen LogP contribution in [0.25, 0.3) is 0 Å². The van der Waals surface area contributed by atoms with E-state index in [1.807, 2.05) is 37.3 Å². The molecule has 2 aliphatic rings. The number of methoxy groups -OCH3 is 1. The lowest BCUT2D eigenvalue weighted by atomic mass is 9.93. The van der Waals surface area contributed by atoms with Gasteiger partial charge >= 0.3 is 0 Å². The molecular weight excluding hydrogens is 555 g/mol. The fraction of sp³-hybridized carbons (Fsp3) is 0.207. The number of ether oxygens (including phenoxy) is 1. The van der Waals surface area contributed by atoms with Crippen molar-refractivity contribution >= 4 is 63.3 Å². The predicted octanol–water partition coefficient (Wildman–Crippen LogP) is 7.02. The molecule has 1 fully saturated rings. The number of halogens is 2. The maximum absolute atomic E-state index is 13.8. The predicted molar refractivity (Wildman–Crippen MR) is 159 cm³/mol. The summed E-state index contributed by atoms with van der Waals surface area (Å²) in [5.74, 6) is 0.923. The highest BCUT2D eigenvalue weighted by molar-refractivity contribution is 8.13. The maximum atomic E-state index is 13.8. The number of allylic oxidation sites excluding steroid dienone is 1. The summed E-state index contributed by atoms with van der Waals surface area (Å²) in [5.41, 5.74) is 3.52. The summed E-state index contributed by atoms with van der Waals surface area (Å²) < 4.78 is 5.43. The van der Waals surface area contributed by atoms with Gasteiger partial charge in [-0.3, -0.25) is 9.59 Å². The molecule has 7 nitrogen and oxygen atoms in total. The second-order valence-corrected chi connectivity index (χ2v) is 11.0. The van der Waals surface area contributed by atoms with Crippen molar-refractivity contribution in [2.45, 2.75) is 19.4 Å². The first-order valence-corrected chi connectivity index (χ1v) is 14.1. The Morgan fingerprint density at radius 1 is 1.03 bits per heavy atom. The fourth-order valence-corrected chi connectivity index (χ4v) is 6.22. The minimum Gasteiger partial charge on any atom is -0.495 e. The van der Waals surface area contributed by atoms with Crippen molar-refractivity contribution in [3.63, 3.8) is 0 Å². The number of nitrogens with one attached hydrogen (secondary N) is 2. The van der Waals surface area contributed by atoms with Gasteiger partial charge in [0.05, 0.1) is 40.7 Å². The molecular formula is C29H26Cl2N4O3S. The number of amidine groups is 1. The molecule has 1 unspecified atom stereocenters. The summed E-state index contributed by atoms with van der Waals surface area (Å²) in [6.07, 6.45) is 0.964. The normalized spacial score (nSPS) is 16.8. The van der Waals surface area contributed by atoms with Crippen LogP contribution in [0.3, 0.4) is 0 Å². The number of hydrogen-bond acceptors (Lipinski definition) is 6. The summed E-state index contributed by atoms with van der Waals surface area (Å²) >= 11 is 13.9. The molecule has 39 heavy (non-hydrogen) atoms. The van der Waals surface area contributed by atoms with E-state index >= 15 is 0 Å². The van der Waals surface area contributed by atoms with Crippen LogP contribution in [0.15, 0.2) is 83.0 Å². The van der Waals surface area contributed by atoms with Crippen molar-refractivity contribution in [1.82, 2.24) is 4.90 Å². The first-order valence-electron chi connectivity index (χ1n) is 12.4. The van der Waals surface area contributed by atoms with Crippen molar-refractivity contribution in [3.05, 3.63) is 99.2 Å². The lowest BCUT2D eigenvalue weighted by molar-refractivity contribution is -0.113. The van der Waals surface area contributed by atoms with E-state index in [0.717, 1.165) is 29.4 Å². The summed E-state index contributed by atoms with van der Waals surface area (Å²) in [6, 6.07) is 19.2. The highest BCUT2D eigenvalue weighted by Crippen LogP contribution is 2.41. The Hall–Kier alpha value is -3.46. The topological polar surface area (TPSA) is 83.0 Å². The van der Waals surface area contributed by atoms with Crippen LogP contribution in [-0.4, -0.2) is 41.3 Å². The first kappa shape index (κ1) is 27.1. The second-order valence-electron chi connectivity index (χ2n) is 9.05. The van der Waals surface area contributed by atoms with E-state index < -0.39 is 6.04 Å². The third-order valence-corrected chi connectivity index (χ3v) is 8.12. The van der Waals surface area contributed by atoms with E-state index in [-0.39, 0.29) is 16.8 Å². The van der Waals surface area contributed by atoms with Crippen molar-refractivity contribution < 1.29 is 14.3 Å². The molecule has 0 bridgehead atoms. The summed E-state index contributed by atoms with van der Waals surface area (Å²) in [4.78, 5) is 33.7.